The Morgan fingerprint density at radius 3 is 2.58 bits per heavy atom. The summed E-state index contributed by atoms with van der Waals surface area (Å²) in [6, 6.07) is 8.47. The summed E-state index contributed by atoms with van der Waals surface area (Å²) in [6.45, 7) is 6.70. The minimum absolute atomic E-state index is 0.0448. The molecule has 9 heteroatoms. The van der Waals surface area contributed by atoms with Crippen LogP contribution in [0.1, 0.15) is 25.0 Å². The molecule has 0 spiro atoms. The molecule has 1 aromatic carbocycles. The van der Waals surface area contributed by atoms with E-state index in [4.69, 9.17) is 4.74 Å². The van der Waals surface area contributed by atoms with Gasteiger partial charge in [-0.15, -0.1) is 0 Å². The second-order valence-electron chi connectivity index (χ2n) is 7.51. The first-order valence-electron chi connectivity index (χ1n) is 11.1. The number of amides is 1. The first kappa shape index (κ1) is 24.4. The quantitative estimate of drug-likeness (QED) is 0.547. The molecule has 3 rings (SSSR count). The Morgan fingerprint density at radius 2 is 1.94 bits per heavy atom. The highest BCUT2D eigenvalue weighted by Gasteiger charge is 2.16. The molecular formula is C24H30F2N4O3. The zero-order valence-electron chi connectivity index (χ0n) is 19.0. The number of piperazine rings is 1. The van der Waals surface area contributed by atoms with E-state index >= 15 is 0 Å². The average Bonchev–Trinajstić information content (AvgIpc) is 2.83. The van der Waals surface area contributed by atoms with Crippen molar-refractivity contribution in [3.05, 3.63) is 53.7 Å². The van der Waals surface area contributed by atoms with E-state index in [1.807, 2.05) is 12.1 Å². The molecule has 0 bridgehead atoms. The Kier molecular flexibility index (Phi) is 9.00. The third kappa shape index (κ3) is 7.42. The van der Waals surface area contributed by atoms with Gasteiger partial charge in [0.15, 0.2) is 11.5 Å². The number of ether oxygens (including phenoxy) is 2. The monoisotopic (exact) mass is 460 g/mol. The molecule has 1 aliphatic heterocycles. The SMILES string of the molecule is CCOc1cc(/C=C/C(=O)NCc2ccc(N3CCN(CC)CC3)nc2)ccc1OC(F)F. The van der Waals surface area contributed by atoms with Crippen molar-refractivity contribution in [2.45, 2.75) is 27.0 Å². The molecule has 0 radical (unpaired) electrons. The molecule has 0 unspecified atom stereocenters. The van der Waals surface area contributed by atoms with Crippen LogP contribution < -0.4 is 19.7 Å². The Bertz CT molecular complexity index is 930. The highest BCUT2D eigenvalue weighted by Crippen LogP contribution is 2.30. The van der Waals surface area contributed by atoms with Crippen LogP contribution in [0.4, 0.5) is 14.6 Å². The van der Waals surface area contributed by atoms with E-state index in [1.165, 1.54) is 12.1 Å². The van der Waals surface area contributed by atoms with Crippen LogP contribution in [0.3, 0.4) is 0 Å². The van der Waals surface area contributed by atoms with Crippen molar-refractivity contribution in [2.24, 2.45) is 0 Å². The fourth-order valence-corrected chi connectivity index (χ4v) is 3.51. The van der Waals surface area contributed by atoms with Gasteiger partial charge in [0, 0.05) is 45.0 Å². The molecule has 33 heavy (non-hydrogen) atoms. The number of halogens is 2. The summed E-state index contributed by atoms with van der Waals surface area (Å²) >= 11 is 0. The fourth-order valence-electron chi connectivity index (χ4n) is 3.51. The molecule has 1 saturated heterocycles. The van der Waals surface area contributed by atoms with E-state index in [9.17, 15) is 13.6 Å². The normalized spacial score (nSPS) is 14.6. The minimum Gasteiger partial charge on any atom is -0.490 e. The van der Waals surface area contributed by atoms with E-state index in [-0.39, 0.29) is 17.4 Å². The standard InChI is InChI=1S/C24H30F2N4O3/c1-3-29-11-13-30(14-12-29)22-9-6-19(16-27-22)17-28-23(31)10-7-18-5-8-20(33-24(25)26)21(15-18)32-4-2/h5-10,15-16,24H,3-4,11-14,17H2,1-2H3,(H,28,31)/b10-7+. The number of nitrogens with one attached hydrogen (secondary N) is 1. The number of carbonyl (C=O) groups is 1. The van der Waals surface area contributed by atoms with E-state index in [1.54, 1.807) is 31.3 Å². The topological polar surface area (TPSA) is 66.9 Å². The van der Waals surface area contributed by atoms with E-state index in [0.717, 1.165) is 44.1 Å². The van der Waals surface area contributed by atoms with Crippen LogP contribution in [0.2, 0.25) is 0 Å². The molecule has 2 aromatic rings. The maximum Gasteiger partial charge on any atom is 0.387 e. The van der Waals surface area contributed by atoms with Gasteiger partial charge >= 0.3 is 6.61 Å². The summed E-state index contributed by atoms with van der Waals surface area (Å²) in [5, 5.41) is 2.82. The molecule has 178 valence electrons. The number of hydrogen-bond donors (Lipinski definition) is 1. The molecule has 0 aliphatic carbocycles. The number of rotatable bonds is 10. The van der Waals surface area contributed by atoms with Crippen molar-refractivity contribution in [1.29, 1.82) is 0 Å². The molecule has 0 atom stereocenters. The molecule has 7 nitrogen and oxygen atoms in total. The molecule has 1 amide bonds. The maximum atomic E-state index is 12.5. The van der Waals surface area contributed by atoms with Gasteiger partial charge in [0.2, 0.25) is 5.91 Å². The predicted octanol–water partition coefficient (Wildman–Crippen LogP) is 3.55. The van der Waals surface area contributed by atoms with Crippen LogP contribution in [0.25, 0.3) is 6.08 Å². The Balaban J connectivity index is 1.51. The van der Waals surface area contributed by atoms with Crippen LogP contribution in [-0.4, -0.2) is 61.7 Å². The van der Waals surface area contributed by atoms with Crippen molar-refractivity contribution < 1.29 is 23.0 Å². The second kappa shape index (κ2) is 12.2. The first-order valence-corrected chi connectivity index (χ1v) is 11.1. The van der Waals surface area contributed by atoms with E-state index in [0.29, 0.717) is 18.7 Å². The highest BCUT2D eigenvalue weighted by molar-refractivity contribution is 5.91. The summed E-state index contributed by atoms with van der Waals surface area (Å²) in [5.41, 5.74) is 1.53. The lowest BCUT2D eigenvalue weighted by Gasteiger charge is -2.34. The Morgan fingerprint density at radius 1 is 1.15 bits per heavy atom. The predicted molar refractivity (Wildman–Crippen MR) is 124 cm³/mol. The molecule has 0 saturated carbocycles. The average molecular weight is 461 g/mol. The summed E-state index contributed by atoms with van der Waals surface area (Å²) in [7, 11) is 0. The lowest BCUT2D eigenvalue weighted by Crippen LogP contribution is -2.46. The number of hydrogen-bond acceptors (Lipinski definition) is 6. The third-order valence-electron chi connectivity index (χ3n) is 5.33. The largest absolute Gasteiger partial charge is 0.490 e. The molecule has 1 N–H and O–H groups in total. The lowest BCUT2D eigenvalue weighted by molar-refractivity contribution is -0.116. The zero-order valence-corrected chi connectivity index (χ0v) is 19.0. The number of likely N-dealkylation sites (N-methyl/N-ethyl adjacent to an activating group) is 1. The fraction of sp³-hybridized carbons (Fsp3) is 0.417. The van der Waals surface area contributed by atoms with Crippen molar-refractivity contribution in [1.82, 2.24) is 15.2 Å². The number of benzene rings is 1. The summed E-state index contributed by atoms with van der Waals surface area (Å²) in [5.74, 6) is 0.824. The number of carbonyl (C=O) groups excluding carboxylic acids is 1. The van der Waals surface area contributed by atoms with E-state index in [2.05, 4.69) is 31.8 Å². The molecular weight excluding hydrogens is 430 g/mol. The van der Waals surface area contributed by atoms with Gasteiger partial charge in [-0.3, -0.25) is 4.79 Å². The van der Waals surface area contributed by atoms with Crippen LogP contribution in [0.15, 0.2) is 42.6 Å². The number of alkyl halides is 2. The van der Waals surface area contributed by atoms with Crippen LogP contribution in [0.5, 0.6) is 11.5 Å². The third-order valence-corrected chi connectivity index (χ3v) is 5.33. The minimum atomic E-state index is -2.94. The van der Waals surface area contributed by atoms with Gasteiger partial charge in [0.05, 0.1) is 6.61 Å². The zero-order chi connectivity index (χ0) is 23.6. The number of nitrogens with zero attached hydrogens (tertiary/aromatic N) is 3. The maximum absolute atomic E-state index is 12.5. The van der Waals surface area contributed by atoms with Crippen molar-refractivity contribution in [3.8, 4) is 11.5 Å². The van der Waals surface area contributed by atoms with Crippen molar-refractivity contribution >= 4 is 17.8 Å². The summed E-state index contributed by atoms with van der Waals surface area (Å²) < 4.78 is 34.8. The molecule has 1 fully saturated rings. The van der Waals surface area contributed by atoms with Gasteiger partial charge in [-0.25, -0.2) is 4.98 Å². The summed E-state index contributed by atoms with van der Waals surface area (Å²) in [4.78, 5) is 21.4. The molecule has 1 aliphatic rings. The van der Waals surface area contributed by atoms with Crippen LogP contribution in [0, 0.1) is 0 Å². The summed E-state index contributed by atoms with van der Waals surface area (Å²) in [6.07, 6.45) is 4.75. The van der Waals surface area contributed by atoms with Crippen LogP contribution >= 0.6 is 0 Å². The van der Waals surface area contributed by atoms with Gasteiger partial charge in [0.25, 0.3) is 0 Å². The number of aromatic nitrogens is 1. The lowest BCUT2D eigenvalue weighted by atomic mass is 10.2. The first-order chi connectivity index (χ1) is 16.0. The smallest absolute Gasteiger partial charge is 0.387 e. The molecule has 2 heterocycles. The Labute approximate surface area is 193 Å². The number of anilines is 1. The van der Waals surface area contributed by atoms with Gasteiger partial charge < -0.3 is 24.6 Å². The molecule has 1 aromatic heterocycles. The van der Waals surface area contributed by atoms with Gasteiger partial charge in [-0.1, -0.05) is 19.1 Å². The van der Waals surface area contributed by atoms with Crippen molar-refractivity contribution in [3.63, 3.8) is 0 Å². The van der Waals surface area contributed by atoms with E-state index < -0.39 is 6.61 Å². The van der Waals surface area contributed by atoms with Crippen molar-refractivity contribution in [2.75, 3.05) is 44.2 Å². The van der Waals surface area contributed by atoms with Crippen LogP contribution in [-0.2, 0) is 11.3 Å². The van der Waals surface area contributed by atoms with Gasteiger partial charge in [-0.05, 0) is 48.9 Å². The highest BCUT2D eigenvalue weighted by atomic mass is 19.3. The second-order valence-corrected chi connectivity index (χ2v) is 7.51. The van der Waals surface area contributed by atoms with Gasteiger partial charge in [0.1, 0.15) is 5.82 Å². The Hall–Kier alpha value is -3.20. The number of pyridine rings is 1. The van der Waals surface area contributed by atoms with Gasteiger partial charge in [-0.2, -0.15) is 8.78 Å².